The van der Waals surface area contributed by atoms with Crippen LogP contribution in [0.5, 0.6) is 0 Å². The van der Waals surface area contributed by atoms with Crippen molar-refractivity contribution >= 4 is 11.8 Å². The molecular formula is C25H43N3O3. The van der Waals surface area contributed by atoms with Gasteiger partial charge in [0.15, 0.2) is 0 Å². The molecule has 2 unspecified atom stereocenters. The summed E-state index contributed by atoms with van der Waals surface area (Å²) in [5.74, 6) is 1.19. The summed E-state index contributed by atoms with van der Waals surface area (Å²) in [4.78, 5) is 32.0. The van der Waals surface area contributed by atoms with E-state index in [0.29, 0.717) is 45.1 Å². The third-order valence-corrected chi connectivity index (χ3v) is 8.94. The van der Waals surface area contributed by atoms with Crippen molar-refractivity contribution in [3.8, 4) is 0 Å². The molecule has 0 aromatic heterocycles. The standard InChI is InChI=1S/C25H43N3O3/c1-20(16-21-8-4-3-5-9-21)23(30)28-13-12-25(31,24(18-28)10-6-7-11-24)19-27-15-14-26(2)17-22(27)29/h20-21,31H,3-19H2,1-2H3. The molecule has 2 aliphatic heterocycles. The van der Waals surface area contributed by atoms with E-state index in [1.54, 1.807) is 0 Å². The molecule has 4 fully saturated rings. The van der Waals surface area contributed by atoms with E-state index in [9.17, 15) is 14.7 Å². The molecule has 1 spiro atoms. The first-order valence-electron chi connectivity index (χ1n) is 12.8. The molecule has 0 aromatic rings. The molecule has 31 heavy (non-hydrogen) atoms. The topological polar surface area (TPSA) is 64.1 Å². The van der Waals surface area contributed by atoms with E-state index in [1.807, 2.05) is 16.8 Å². The third-order valence-electron chi connectivity index (χ3n) is 8.94. The van der Waals surface area contributed by atoms with E-state index in [4.69, 9.17) is 0 Å². The highest BCUT2D eigenvalue weighted by Crippen LogP contribution is 2.51. The quantitative estimate of drug-likeness (QED) is 0.724. The fourth-order valence-corrected chi connectivity index (χ4v) is 6.93. The lowest BCUT2D eigenvalue weighted by Gasteiger charge is -2.54. The Morgan fingerprint density at radius 1 is 1.06 bits per heavy atom. The summed E-state index contributed by atoms with van der Waals surface area (Å²) in [5.41, 5.74) is -1.13. The molecular weight excluding hydrogens is 390 g/mol. The first-order chi connectivity index (χ1) is 14.8. The third kappa shape index (κ3) is 4.80. The molecule has 2 aliphatic carbocycles. The number of aliphatic hydroxyl groups is 1. The zero-order valence-electron chi connectivity index (χ0n) is 19.8. The van der Waals surface area contributed by atoms with Gasteiger partial charge in [-0.15, -0.1) is 0 Å². The Hall–Kier alpha value is -1.14. The second kappa shape index (κ2) is 9.38. The molecule has 6 heteroatoms. The molecule has 176 valence electrons. The summed E-state index contributed by atoms with van der Waals surface area (Å²) in [7, 11) is 1.97. The van der Waals surface area contributed by atoms with Gasteiger partial charge in [0.25, 0.3) is 0 Å². The van der Waals surface area contributed by atoms with Crippen LogP contribution in [0.1, 0.15) is 77.6 Å². The van der Waals surface area contributed by atoms with Crippen LogP contribution < -0.4 is 0 Å². The first kappa shape index (κ1) is 23.0. The Balaban J connectivity index is 1.42. The van der Waals surface area contributed by atoms with Crippen LogP contribution in [0.25, 0.3) is 0 Å². The number of likely N-dealkylation sites (N-methyl/N-ethyl adjacent to an activating group) is 1. The maximum atomic E-state index is 13.4. The predicted molar refractivity (Wildman–Crippen MR) is 121 cm³/mol. The van der Waals surface area contributed by atoms with Gasteiger partial charge in [-0.1, -0.05) is 51.9 Å². The highest BCUT2D eigenvalue weighted by atomic mass is 16.3. The molecule has 6 nitrogen and oxygen atoms in total. The Bertz CT molecular complexity index is 656. The molecule has 4 rings (SSSR count). The largest absolute Gasteiger partial charge is 0.387 e. The van der Waals surface area contributed by atoms with Crippen LogP contribution in [0.15, 0.2) is 0 Å². The lowest BCUT2D eigenvalue weighted by molar-refractivity contribution is -0.171. The van der Waals surface area contributed by atoms with Crippen molar-refractivity contribution in [3.05, 3.63) is 0 Å². The summed E-state index contributed by atoms with van der Waals surface area (Å²) in [6.45, 7) is 5.81. The number of likely N-dealkylation sites (tertiary alicyclic amines) is 1. The van der Waals surface area contributed by atoms with E-state index in [-0.39, 0.29) is 23.1 Å². The van der Waals surface area contributed by atoms with Gasteiger partial charge in [-0.25, -0.2) is 0 Å². The van der Waals surface area contributed by atoms with Gasteiger partial charge < -0.3 is 14.9 Å². The van der Waals surface area contributed by atoms with E-state index < -0.39 is 5.60 Å². The van der Waals surface area contributed by atoms with Gasteiger partial charge in [0.2, 0.25) is 11.8 Å². The SMILES string of the molecule is CC(CC1CCCCC1)C(=O)N1CCC(O)(CN2CCN(C)CC2=O)C2(CCCC2)C1. The van der Waals surface area contributed by atoms with Gasteiger partial charge in [0.05, 0.1) is 18.7 Å². The molecule has 2 saturated carbocycles. The summed E-state index contributed by atoms with van der Waals surface area (Å²) in [5, 5.41) is 11.9. The Kier molecular flexibility index (Phi) is 6.97. The molecule has 2 atom stereocenters. The summed E-state index contributed by atoms with van der Waals surface area (Å²) in [6, 6.07) is 0. The van der Waals surface area contributed by atoms with Gasteiger partial charge in [0.1, 0.15) is 0 Å². The highest BCUT2D eigenvalue weighted by Gasteiger charge is 2.56. The van der Waals surface area contributed by atoms with Gasteiger partial charge in [-0.2, -0.15) is 0 Å². The van der Waals surface area contributed by atoms with Crippen LogP contribution in [0.3, 0.4) is 0 Å². The van der Waals surface area contributed by atoms with E-state index in [1.165, 1.54) is 32.1 Å². The van der Waals surface area contributed by atoms with Gasteiger partial charge in [-0.3, -0.25) is 14.5 Å². The molecule has 1 N–H and O–H groups in total. The fraction of sp³-hybridized carbons (Fsp3) is 0.920. The summed E-state index contributed by atoms with van der Waals surface area (Å²) in [6.07, 6.45) is 12.3. The summed E-state index contributed by atoms with van der Waals surface area (Å²) < 4.78 is 0. The number of carbonyl (C=O) groups excluding carboxylic acids is 2. The summed E-state index contributed by atoms with van der Waals surface area (Å²) >= 11 is 0. The lowest BCUT2D eigenvalue weighted by atomic mass is 9.65. The van der Waals surface area contributed by atoms with E-state index in [2.05, 4.69) is 11.8 Å². The van der Waals surface area contributed by atoms with E-state index >= 15 is 0 Å². The average Bonchev–Trinajstić information content (AvgIpc) is 3.22. The Morgan fingerprint density at radius 3 is 2.45 bits per heavy atom. The normalized spacial score (nSPS) is 31.4. The van der Waals surface area contributed by atoms with E-state index in [0.717, 1.165) is 38.6 Å². The monoisotopic (exact) mass is 433 g/mol. The van der Waals surface area contributed by atoms with Crippen LogP contribution >= 0.6 is 0 Å². The van der Waals surface area contributed by atoms with Crippen LogP contribution in [-0.4, -0.2) is 83.5 Å². The van der Waals surface area contributed by atoms with Crippen molar-refractivity contribution in [1.82, 2.24) is 14.7 Å². The number of carbonyl (C=O) groups is 2. The maximum absolute atomic E-state index is 13.4. The minimum Gasteiger partial charge on any atom is -0.387 e. The fourth-order valence-electron chi connectivity index (χ4n) is 6.93. The molecule has 2 heterocycles. The van der Waals surface area contributed by atoms with Crippen molar-refractivity contribution < 1.29 is 14.7 Å². The molecule has 0 radical (unpaired) electrons. The van der Waals surface area contributed by atoms with Crippen molar-refractivity contribution in [3.63, 3.8) is 0 Å². The predicted octanol–water partition coefficient (Wildman–Crippen LogP) is 2.89. The number of nitrogens with zero attached hydrogens (tertiary/aromatic N) is 3. The molecule has 2 saturated heterocycles. The lowest BCUT2D eigenvalue weighted by Crippen LogP contribution is -2.66. The second-order valence-corrected chi connectivity index (χ2v) is 11.2. The molecule has 2 amide bonds. The highest BCUT2D eigenvalue weighted by molar-refractivity contribution is 5.79. The van der Waals surface area contributed by atoms with Crippen molar-refractivity contribution in [2.45, 2.75) is 83.2 Å². The first-order valence-corrected chi connectivity index (χ1v) is 12.8. The zero-order valence-corrected chi connectivity index (χ0v) is 19.8. The number of β-amino-alcohol motifs (C(OH)–C–C–N with tert-alkyl or cyclic N) is 1. The number of rotatable bonds is 5. The van der Waals surface area contributed by atoms with Crippen LogP contribution in [0.4, 0.5) is 0 Å². The van der Waals surface area contributed by atoms with Gasteiger partial charge in [0, 0.05) is 37.5 Å². The van der Waals surface area contributed by atoms with Gasteiger partial charge in [-0.05, 0) is 38.6 Å². The van der Waals surface area contributed by atoms with Gasteiger partial charge >= 0.3 is 0 Å². The Morgan fingerprint density at radius 2 is 1.77 bits per heavy atom. The van der Waals surface area contributed by atoms with Crippen LogP contribution in [0.2, 0.25) is 0 Å². The zero-order chi connectivity index (χ0) is 22.1. The molecule has 0 bridgehead atoms. The Labute approximate surface area is 188 Å². The van der Waals surface area contributed by atoms with Crippen LogP contribution in [0, 0.1) is 17.3 Å². The van der Waals surface area contributed by atoms with Crippen LogP contribution in [-0.2, 0) is 9.59 Å². The minimum absolute atomic E-state index is 0.0759. The van der Waals surface area contributed by atoms with Crippen molar-refractivity contribution in [2.24, 2.45) is 17.3 Å². The smallest absolute Gasteiger partial charge is 0.236 e. The average molecular weight is 434 g/mol. The molecule has 4 aliphatic rings. The van der Waals surface area contributed by atoms with Crippen molar-refractivity contribution in [2.75, 3.05) is 46.3 Å². The molecule has 0 aromatic carbocycles. The maximum Gasteiger partial charge on any atom is 0.236 e. The number of hydrogen-bond acceptors (Lipinski definition) is 4. The second-order valence-electron chi connectivity index (χ2n) is 11.2. The van der Waals surface area contributed by atoms with Crippen molar-refractivity contribution in [1.29, 1.82) is 0 Å². The number of amides is 2. The number of hydrogen-bond donors (Lipinski definition) is 1. The number of piperidine rings is 1. The minimum atomic E-state index is -0.877. The number of piperazine rings is 1.